The van der Waals surface area contributed by atoms with Crippen molar-refractivity contribution in [2.45, 2.75) is 44.8 Å². The van der Waals surface area contributed by atoms with Crippen LogP contribution in [0.15, 0.2) is 45.9 Å². The van der Waals surface area contributed by atoms with Crippen molar-refractivity contribution in [1.82, 2.24) is 10.1 Å². The number of rotatable bonds is 3. The summed E-state index contributed by atoms with van der Waals surface area (Å²) in [6.45, 7) is 2.59. The molecule has 0 aliphatic carbocycles. The Hall–Kier alpha value is -3.16. The number of piperidine rings is 1. The quantitative estimate of drug-likeness (QED) is 0.511. The number of benzene rings is 2. The van der Waals surface area contributed by atoms with Gasteiger partial charge in [-0.05, 0) is 56.0 Å². The molecule has 0 radical (unpaired) electrons. The number of aliphatic imine (C=N–C) groups is 1. The van der Waals surface area contributed by atoms with Crippen LogP contribution in [0.4, 0.5) is 24.5 Å². The van der Waals surface area contributed by atoms with Gasteiger partial charge in [0.05, 0.1) is 11.3 Å². The summed E-state index contributed by atoms with van der Waals surface area (Å²) < 4.78 is 47.1. The van der Waals surface area contributed by atoms with Crippen molar-refractivity contribution in [2.24, 2.45) is 4.99 Å². The molecular weight excluding hydrogens is 405 g/mol. The maximum atomic E-state index is 13.9. The van der Waals surface area contributed by atoms with Crippen molar-refractivity contribution in [2.75, 3.05) is 11.4 Å². The van der Waals surface area contributed by atoms with Gasteiger partial charge in [-0.3, -0.25) is 4.99 Å². The molecule has 3 aromatic rings. The Kier molecular flexibility index (Phi) is 4.79. The molecule has 0 unspecified atom stereocenters. The lowest BCUT2D eigenvalue weighted by Gasteiger charge is -2.37. The first-order chi connectivity index (χ1) is 14.9. The van der Waals surface area contributed by atoms with Crippen LogP contribution in [-0.4, -0.2) is 28.9 Å². The van der Waals surface area contributed by atoms with E-state index in [1.54, 1.807) is 6.07 Å². The molecule has 2 aliphatic rings. The van der Waals surface area contributed by atoms with Crippen LogP contribution in [-0.2, 0) is 12.6 Å². The zero-order chi connectivity index (χ0) is 21.6. The number of hydrogen-bond donors (Lipinski definition) is 0. The van der Waals surface area contributed by atoms with Crippen molar-refractivity contribution < 1.29 is 17.7 Å². The van der Waals surface area contributed by atoms with Crippen LogP contribution >= 0.6 is 0 Å². The standard InChI is InChI=1S/C23H21F3N4O/c1-14-4-2-3-11-30(14)20-8-7-17(12-18(20)23(24,25)26)22-28-21(29-31-22)16-6-5-15-9-10-27-19(15)13-16/h5-8,10,12-14H,2-4,9,11H2,1H3/t14-/m1/s1. The number of nitrogens with zero attached hydrogens (tertiary/aromatic N) is 4. The predicted molar refractivity (Wildman–Crippen MR) is 113 cm³/mol. The van der Waals surface area contributed by atoms with E-state index in [0.717, 1.165) is 43.0 Å². The topological polar surface area (TPSA) is 54.5 Å². The Morgan fingerprint density at radius 2 is 1.90 bits per heavy atom. The summed E-state index contributed by atoms with van der Waals surface area (Å²) in [4.78, 5) is 10.5. The van der Waals surface area contributed by atoms with Crippen molar-refractivity contribution in [3.8, 4) is 22.8 Å². The zero-order valence-corrected chi connectivity index (χ0v) is 17.0. The Labute approximate surface area is 177 Å². The smallest absolute Gasteiger partial charge is 0.368 e. The van der Waals surface area contributed by atoms with Crippen LogP contribution in [0, 0.1) is 0 Å². The van der Waals surface area contributed by atoms with E-state index in [1.807, 2.05) is 36.2 Å². The first-order valence-electron chi connectivity index (χ1n) is 10.4. The van der Waals surface area contributed by atoms with Gasteiger partial charge in [0.2, 0.25) is 5.82 Å². The Morgan fingerprint density at radius 1 is 1.06 bits per heavy atom. The van der Waals surface area contributed by atoms with E-state index in [9.17, 15) is 13.2 Å². The largest absolute Gasteiger partial charge is 0.418 e. The zero-order valence-electron chi connectivity index (χ0n) is 17.0. The van der Waals surface area contributed by atoms with Crippen LogP contribution in [0.5, 0.6) is 0 Å². The molecule has 5 rings (SSSR count). The molecule has 1 aromatic heterocycles. The summed E-state index contributed by atoms with van der Waals surface area (Å²) in [5, 5.41) is 3.97. The number of aromatic nitrogens is 2. The summed E-state index contributed by atoms with van der Waals surface area (Å²) in [6, 6.07) is 9.99. The fourth-order valence-corrected chi connectivity index (χ4v) is 4.30. The Balaban J connectivity index is 1.50. The van der Waals surface area contributed by atoms with E-state index >= 15 is 0 Å². The molecule has 31 heavy (non-hydrogen) atoms. The van der Waals surface area contributed by atoms with Gasteiger partial charge in [0.25, 0.3) is 5.89 Å². The molecule has 0 amide bonds. The van der Waals surface area contributed by atoms with Gasteiger partial charge in [-0.15, -0.1) is 0 Å². The molecule has 5 nitrogen and oxygen atoms in total. The summed E-state index contributed by atoms with van der Waals surface area (Å²) >= 11 is 0. The van der Waals surface area contributed by atoms with Crippen LogP contribution < -0.4 is 4.90 Å². The molecule has 160 valence electrons. The highest BCUT2D eigenvalue weighted by atomic mass is 19.4. The molecule has 0 saturated carbocycles. The summed E-state index contributed by atoms with van der Waals surface area (Å²) in [7, 11) is 0. The van der Waals surface area contributed by atoms with Gasteiger partial charge in [-0.25, -0.2) is 0 Å². The van der Waals surface area contributed by atoms with Gasteiger partial charge in [0, 0.05) is 42.0 Å². The highest BCUT2D eigenvalue weighted by Gasteiger charge is 2.37. The second-order valence-corrected chi connectivity index (χ2v) is 8.05. The molecular formula is C23H21F3N4O. The van der Waals surface area contributed by atoms with E-state index in [-0.39, 0.29) is 23.2 Å². The number of alkyl halides is 3. The lowest BCUT2D eigenvalue weighted by molar-refractivity contribution is -0.137. The number of hydrogen-bond acceptors (Lipinski definition) is 5. The minimum absolute atomic E-state index is 0.0581. The molecule has 2 aliphatic heterocycles. The number of fused-ring (bicyclic) bond motifs is 1. The third kappa shape index (κ3) is 3.71. The molecule has 2 aromatic carbocycles. The lowest BCUT2D eigenvalue weighted by Crippen LogP contribution is -2.38. The summed E-state index contributed by atoms with van der Waals surface area (Å²) in [5.74, 6) is 0.380. The average Bonchev–Trinajstić information content (AvgIpc) is 3.42. The SMILES string of the molecule is C[C@@H]1CCCCN1c1ccc(-c2nc(-c3ccc4c(c3)N=CC4)no2)cc1C(F)(F)F. The van der Waals surface area contributed by atoms with Gasteiger partial charge in [-0.1, -0.05) is 17.3 Å². The van der Waals surface area contributed by atoms with Crippen LogP contribution in [0.3, 0.4) is 0 Å². The van der Waals surface area contributed by atoms with Crippen LogP contribution in [0.2, 0.25) is 0 Å². The van der Waals surface area contributed by atoms with Crippen LogP contribution in [0.1, 0.15) is 37.3 Å². The molecule has 0 N–H and O–H groups in total. The van der Waals surface area contributed by atoms with Crippen molar-refractivity contribution in [3.63, 3.8) is 0 Å². The van der Waals surface area contributed by atoms with E-state index in [2.05, 4.69) is 15.1 Å². The second-order valence-electron chi connectivity index (χ2n) is 8.05. The molecule has 0 bridgehead atoms. The molecule has 1 fully saturated rings. The van der Waals surface area contributed by atoms with E-state index in [4.69, 9.17) is 4.52 Å². The predicted octanol–water partition coefficient (Wildman–Crippen LogP) is 6.06. The second kappa shape index (κ2) is 7.51. The van der Waals surface area contributed by atoms with Gasteiger partial charge >= 0.3 is 6.18 Å². The van der Waals surface area contributed by atoms with E-state index in [0.29, 0.717) is 17.9 Å². The highest BCUT2D eigenvalue weighted by molar-refractivity contribution is 5.78. The third-order valence-corrected chi connectivity index (χ3v) is 5.97. The van der Waals surface area contributed by atoms with Crippen LogP contribution in [0.25, 0.3) is 22.8 Å². The summed E-state index contributed by atoms with van der Waals surface area (Å²) in [6.07, 6.45) is 0.951. The van der Waals surface area contributed by atoms with Crippen molar-refractivity contribution in [1.29, 1.82) is 0 Å². The van der Waals surface area contributed by atoms with Gasteiger partial charge in [-0.2, -0.15) is 18.2 Å². The molecule has 1 atom stereocenters. The first-order valence-corrected chi connectivity index (χ1v) is 10.4. The maximum Gasteiger partial charge on any atom is 0.418 e. The Morgan fingerprint density at radius 3 is 2.71 bits per heavy atom. The van der Waals surface area contributed by atoms with Crippen molar-refractivity contribution >= 4 is 17.6 Å². The Bertz CT molecular complexity index is 1150. The van der Waals surface area contributed by atoms with Crippen molar-refractivity contribution in [3.05, 3.63) is 47.5 Å². The molecule has 1 saturated heterocycles. The summed E-state index contributed by atoms with van der Waals surface area (Å²) in [5.41, 5.74) is 2.46. The van der Waals surface area contributed by atoms with Gasteiger partial charge in [0.15, 0.2) is 0 Å². The lowest BCUT2D eigenvalue weighted by atomic mass is 9.99. The average molecular weight is 426 g/mol. The third-order valence-electron chi connectivity index (χ3n) is 5.97. The molecule has 3 heterocycles. The fraction of sp³-hybridized carbons (Fsp3) is 0.348. The minimum atomic E-state index is -4.48. The fourth-order valence-electron chi connectivity index (χ4n) is 4.30. The van der Waals surface area contributed by atoms with Gasteiger partial charge in [0.1, 0.15) is 0 Å². The normalized spacial score (nSPS) is 18.5. The molecule has 8 heteroatoms. The molecule has 0 spiro atoms. The first kappa shape index (κ1) is 19.8. The van der Waals surface area contributed by atoms with E-state index in [1.165, 1.54) is 6.07 Å². The number of anilines is 1. The highest BCUT2D eigenvalue weighted by Crippen LogP contribution is 2.41. The minimum Gasteiger partial charge on any atom is -0.368 e. The van der Waals surface area contributed by atoms with Gasteiger partial charge < -0.3 is 9.42 Å². The van der Waals surface area contributed by atoms with E-state index < -0.39 is 11.7 Å². The monoisotopic (exact) mass is 426 g/mol. The number of halogens is 3. The maximum absolute atomic E-state index is 13.9.